The highest BCUT2D eigenvalue weighted by Crippen LogP contribution is 2.29. The molecule has 0 atom stereocenters. The molecule has 6 nitrogen and oxygen atoms in total. The summed E-state index contributed by atoms with van der Waals surface area (Å²) >= 11 is 1.42. The molecule has 1 aromatic heterocycles. The lowest BCUT2D eigenvalue weighted by atomic mass is 9.92. The Bertz CT molecular complexity index is 926. The van der Waals surface area contributed by atoms with E-state index in [0.29, 0.717) is 11.3 Å². The molecular formula is C19H29N3O3S2. The number of thioether (sulfide) groups is 1. The molecule has 0 aliphatic carbocycles. The molecule has 0 amide bonds. The van der Waals surface area contributed by atoms with Gasteiger partial charge in [-0.25, -0.2) is 17.7 Å². The molecule has 27 heavy (non-hydrogen) atoms. The van der Waals surface area contributed by atoms with Crippen molar-refractivity contribution in [1.29, 1.82) is 0 Å². The van der Waals surface area contributed by atoms with Crippen LogP contribution in [-0.2, 0) is 21.4 Å². The van der Waals surface area contributed by atoms with E-state index in [1.165, 1.54) is 30.2 Å². The predicted octanol–water partition coefficient (Wildman–Crippen LogP) is 3.79. The fourth-order valence-corrected chi connectivity index (χ4v) is 4.57. The predicted molar refractivity (Wildman–Crippen MR) is 111 cm³/mol. The lowest BCUT2D eigenvalue weighted by Crippen LogP contribution is -2.22. The van der Waals surface area contributed by atoms with Crippen molar-refractivity contribution in [3.05, 3.63) is 18.2 Å². The van der Waals surface area contributed by atoms with Crippen LogP contribution in [0.25, 0.3) is 11.0 Å². The number of hydrogen-bond acceptors (Lipinski definition) is 5. The van der Waals surface area contributed by atoms with E-state index < -0.39 is 10.0 Å². The van der Waals surface area contributed by atoms with Crippen molar-refractivity contribution in [2.75, 3.05) is 19.8 Å². The van der Waals surface area contributed by atoms with Crippen LogP contribution in [0.4, 0.5) is 0 Å². The van der Waals surface area contributed by atoms with Crippen LogP contribution in [0, 0.1) is 5.41 Å². The van der Waals surface area contributed by atoms with Crippen LogP contribution >= 0.6 is 11.8 Å². The standard InChI is InChI=1S/C19H29N3O3S2/c1-7-8-11-22-16-10-9-14(27(24,25)21(5)6)12-15(16)20-18(22)26-13-17(23)19(2,3)4/h9-10,12H,7-8,11,13H2,1-6H3. The zero-order valence-electron chi connectivity index (χ0n) is 16.9. The van der Waals surface area contributed by atoms with Crippen molar-refractivity contribution < 1.29 is 13.2 Å². The number of aryl methyl sites for hydroxylation is 1. The third-order valence-electron chi connectivity index (χ3n) is 4.37. The summed E-state index contributed by atoms with van der Waals surface area (Å²) < 4.78 is 28.1. The Kier molecular flexibility index (Phi) is 6.76. The van der Waals surface area contributed by atoms with Crippen LogP contribution < -0.4 is 0 Å². The summed E-state index contributed by atoms with van der Waals surface area (Å²) in [5.74, 6) is 0.513. The first-order valence-corrected chi connectivity index (χ1v) is 11.5. The number of Topliss-reactive ketones (excluding diaryl/α,β-unsaturated/α-hetero) is 1. The smallest absolute Gasteiger partial charge is 0.242 e. The Hall–Kier alpha value is -1.38. The van der Waals surface area contributed by atoms with Crippen LogP contribution in [0.3, 0.4) is 0 Å². The molecule has 8 heteroatoms. The van der Waals surface area contributed by atoms with Gasteiger partial charge in [0.1, 0.15) is 5.78 Å². The maximum absolute atomic E-state index is 12.4. The summed E-state index contributed by atoms with van der Waals surface area (Å²) in [7, 11) is -0.485. The largest absolute Gasteiger partial charge is 0.319 e. The van der Waals surface area contributed by atoms with E-state index in [1.807, 2.05) is 26.8 Å². The lowest BCUT2D eigenvalue weighted by molar-refractivity contribution is -0.123. The maximum Gasteiger partial charge on any atom is 0.242 e. The Labute approximate surface area is 166 Å². The molecule has 0 saturated carbocycles. The van der Waals surface area contributed by atoms with Crippen LogP contribution in [0.15, 0.2) is 28.3 Å². The molecule has 0 radical (unpaired) electrons. The summed E-state index contributed by atoms with van der Waals surface area (Å²) in [4.78, 5) is 17.2. The van der Waals surface area contributed by atoms with Gasteiger partial charge < -0.3 is 4.57 Å². The molecule has 150 valence electrons. The van der Waals surface area contributed by atoms with Crippen molar-refractivity contribution in [3.8, 4) is 0 Å². The van der Waals surface area contributed by atoms with Gasteiger partial charge in [0, 0.05) is 26.1 Å². The van der Waals surface area contributed by atoms with E-state index in [9.17, 15) is 13.2 Å². The number of carbonyl (C=O) groups excluding carboxylic acids is 1. The molecule has 2 rings (SSSR count). The van der Waals surface area contributed by atoms with Gasteiger partial charge in [-0.3, -0.25) is 4.79 Å². The van der Waals surface area contributed by atoms with Crippen LogP contribution in [-0.4, -0.2) is 47.9 Å². The highest BCUT2D eigenvalue weighted by atomic mass is 32.2. The third kappa shape index (κ3) is 4.92. The topological polar surface area (TPSA) is 72.3 Å². The first kappa shape index (κ1) is 21.9. The van der Waals surface area contributed by atoms with E-state index in [1.54, 1.807) is 12.1 Å². The molecule has 1 heterocycles. The molecule has 0 N–H and O–H groups in total. The molecule has 0 aliphatic rings. The number of sulfonamides is 1. The fraction of sp³-hybridized carbons (Fsp3) is 0.579. The van der Waals surface area contributed by atoms with Crippen molar-refractivity contribution in [2.24, 2.45) is 5.41 Å². The first-order chi connectivity index (χ1) is 12.5. The SMILES string of the molecule is CCCCn1c(SCC(=O)C(C)(C)C)nc2cc(S(=O)(=O)N(C)C)ccc21. The Balaban J connectivity index is 2.44. The Morgan fingerprint density at radius 2 is 1.93 bits per heavy atom. The highest BCUT2D eigenvalue weighted by molar-refractivity contribution is 7.99. The van der Waals surface area contributed by atoms with Crippen molar-refractivity contribution in [2.45, 2.75) is 57.1 Å². The maximum atomic E-state index is 12.4. The summed E-state index contributed by atoms with van der Waals surface area (Å²) in [6.45, 7) is 8.65. The average Bonchev–Trinajstić information content (AvgIpc) is 2.93. The van der Waals surface area contributed by atoms with E-state index in [0.717, 1.165) is 30.1 Å². The van der Waals surface area contributed by atoms with Gasteiger partial charge in [-0.05, 0) is 24.6 Å². The monoisotopic (exact) mass is 411 g/mol. The molecule has 0 bridgehead atoms. The lowest BCUT2D eigenvalue weighted by Gasteiger charge is -2.16. The second kappa shape index (κ2) is 8.32. The molecule has 0 saturated heterocycles. The number of fused-ring (bicyclic) bond motifs is 1. The van der Waals surface area contributed by atoms with Gasteiger partial charge in [0.15, 0.2) is 5.16 Å². The van der Waals surface area contributed by atoms with Crippen LogP contribution in [0.5, 0.6) is 0 Å². The van der Waals surface area contributed by atoms with Gasteiger partial charge in [0.25, 0.3) is 0 Å². The molecule has 0 fully saturated rings. The number of nitrogens with zero attached hydrogens (tertiary/aromatic N) is 3. The van der Waals surface area contributed by atoms with E-state index in [2.05, 4.69) is 16.5 Å². The molecule has 0 aliphatic heterocycles. The number of imidazole rings is 1. The number of aromatic nitrogens is 2. The summed E-state index contributed by atoms with van der Waals surface area (Å²) in [5, 5.41) is 0.760. The van der Waals surface area contributed by atoms with Gasteiger partial charge in [0.05, 0.1) is 21.7 Å². The second-order valence-electron chi connectivity index (χ2n) is 7.80. The number of ketones is 1. The summed E-state index contributed by atoms with van der Waals surface area (Å²) in [6, 6.07) is 5.04. The third-order valence-corrected chi connectivity index (χ3v) is 7.15. The van der Waals surface area contributed by atoms with Gasteiger partial charge in [-0.15, -0.1) is 0 Å². The number of hydrogen-bond donors (Lipinski definition) is 0. The van der Waals surface area contributed by atoms with Crippen molar-refractivity contribution >= 4 is 38.6 Å². The minimum atomic E-state index is -3.51. The Morgan fingerprint density at radius 1 is 1.26 bits per heavy atom. The average molecular weight is 412 g/mol. The van der Waals surface area contributed by atoms with Crippen molar-refractivity contribution in [3.63, 3.8) is 0 Å². The molecule has 0 unspecified atom stereocenters. The van der Waals surface area contributed by atoms with Gasteiger partial charge in [-0.1, -0.05) is 45.9 Å². The molecule has 0 spiro atoms. The highest BCUT2D eigenvalue weighted by Gasteiger charge is 2.23. The summed E-state index contributed by atoms with van der Waals surface area (Å²) in [5.41, 5.74) is 1.15. The van der Waals surface area contributed by atoms with E-state index >= 15 is 0 Å². The minimum Gasteiger partial charge on any atom is -0.319 e. The Morgan fingerprint density at radius 3 is 2.48 bits per heavy atom. The van der Waals surface area contributed by atoms with Crippen LogP contribution in [0.2, 0.25) is 0 Å². The van der Waals surface area contributed by atoms with E-state index in [4.69, 9.17) is 0 Å². The summed E-state index contributed by atoms with van der Waals surface area (Å²) in [6.07, 6.45) is 2.03. The second-order valence-corrected chi connectivity index (χ2v) is 10.9. The van der Waals surface area contributed by atoms with Gasteiger partial charge >= 0.3 is 0 Å². The molecule has 1 aromatic carbocycles. The van der Waals surface area contributed by atoms with Crippen LogP contribution in [0.1, 0.15) is 40.5 Å². The number of rotatable bonds is 8. The quantitative estimate of drug-likeness (QED) is 0.618. The van der Waals surface area contributed by atoms with Gasteiger partial charge in [0.2, 0.25) is 10.0 Å². The number of unbranched alkanes of at least 4 members (excludes halogenated alkanes) is 1. The minimum absolute atomic E-state index is 0.164. The van der Waals surface area contributed by atoms with Gasteiger partial charge in [-0.2, -0.15) is 0 Å². The molecule has 2 aromatic rings. The van der Waals surface area contributed by atoms with E-state index in [-0.39, 0.29) is 16.1 Å². The number of benzene rings is 1. The zero-order chi connectivity index (χ0) is 20.4. The zero-order valence-corrected chi connectivity index (χ0v) is 18.6. The van der Waals surface area contributed by atoms with Crippen molar-refractivity contribution in [1.82, 2.24) is 13.9 Å². The normalized spacial score (nSPS) is 12.9. The first-order valence-electron chi connectivity index (χ1n) is 9.07. The molecular weight excluding hydrogens is 382 g/mol. The number of carbonyl (C=O) groups is 1. The fourth-order valence-electron chi connectivity index (χ4n) is 2.45.